The molecule has 0 saturated carbocycles. The van der Waals surface area contributed by atoms with Gasteiger partial charge in [0.05, 0.1) is 6.61 Å². The standard InChI is InChI=1S/C13H18INO2/c1-3-9-15-13(17-14)11-5-7-12(8-6-11)16-10-4-2/h5-8H,3-4,9-10H2,1-2H3. The topological polar surface area (TPSA) is 30.8 Å². The Kier molecular flexibility index (Phi) is 7.00. The molecule has 0 N–H and O–H groups in total. The maximum Gasteiger partial charge on any atom is 0.227 e. The lowest BCUT2D eigenvalue weighted by molar-refractivity contribution is 0.317. The van der Waals surface area contributed by atoms with Crippen molar-refractivity contribution in [2.75, 3.05) is 13.2 Å². The smallest absolute Gasteiger partial charge is 0.227 e. The van der Waals surface area contributed by atoms with Gasteiger partial charge in [-0.3, -0.25) is 4.99 Å². The first-order valence-corrected chi connectivity index (χ1v) is 6.76. The second kappa shape index (κ2) is 8.33. The molecule has 0 saturated heterocycles. The number of aliphatic imine (C=N–C) groups is 1. The Morgan fingerprint density at radius 2 is 1.88 bits per heavy atom. The van der Waals surface area contributed by atoms with Crippen LogP contribution in [0.1, 0.15) is 32.3 Å². The van der Waals surface area contributed by atoms with Crippen molar-refractivity contribution in [3.05, 3.63) is 29.8 Å². The Bertz CT molecular complexity index is 349. The van der Waals surface area contributed by atoms with Crippen molar-refractivity contribution >= 4 is 28.9 Å². The number of hydrogen-bond donors (Lipinski definition) is 0. The van der Waals surface area contributed by atoms with Crippen molar-refractivity contribution < 1.29 is 7.80 Å². The van der Waals surface area contributed by atoms with Gasteiger partial charge >= 0.3 is 0 Å². The van der Waals surface area contributed by atoms with Crippen molar-refractivity contribution in [3.8, 4) is 5.75 Å². The molecule has 0 fully saturated rings. The summed E-state index contributed by atoms with van der Waals surface area (Å²) in [4.78, 5) is 4.37. The van der Waals surface area contributed by atoms with E-state index in [4.69, 9.17) is 7.80 Å². The molecule has 0 radical (unpaired) electrons. The zero-order valence-electron chi connectivity index (χ0n) is 10.3. The number of benzene rings is 1. The van der Waals surface area contributed by atoms with Gasteiger partial charge in [-0.1, -0.05) is 13.8 Å². The fourth-order valence-corrected chi connectivity index (χ4v) is 1.68. The minimum absolute atomic E-state index is 0.675. The molecule has 1 aromatic rings. The van der Waals surface area contributed by atoms with Crippen molar-refractivity contribution in [1.29, 1.82) is 0 Å². The van der Waals surface area contributed by atoms with Crippen LogP contribution >= 0.6 is 23.0 Å². The third-order valence-corrected chi connectivity index (χ3v) is 2.54. The van der Waals surface area contributed by atoms with E-state index in [-0.39, 0.29) is 0 Å². The largest absolute Gasteiger partial charge is 0.494 e. The first kappa shape index (κ1) is 14.3. The van der Waals surface area contributed by atoms with Gasteiger partial charge in [0.1, 0.15) is 5.75 Å². The summed E-state index contributed by atoms with van der Waals surface area (Å²) in [6.07, 6.45) is 2.03. The van der Waals surface area contributed by atoms with Gasteiger partial charge in [0.15, 0.2) is 23.0 Å². The third kappa shape index (κ3) is 4.93. The predicted octanol–water partition coefficient (Wildman–Crippen LogP) is 4.00. The molecule has 0 unspecified atom stereocenters. The molecule has 3 nitrogen and oxygen atoms in total. The van der Waals surface area contributed by atoms with Gasteiger partial charge in [0, 0.05) is 12.1 Å². The minimum Gasteiger partial charge on any atom is -0.494 e. The molecule has 0 atom stereocenters. The van der Waals surface area contributed by atoms with Gasteiger partial charge in [0.2, 0.25) is 5.90 Å². The molecule has 0 heterocycles. The first-order valence-electron chi connectivity index (χ1n) is 5.88. The zero-order valence-corrected chi connectivity index (χ0v) is 12.4. The van der Waals surface area contributed by atoms with E-state index in [0.29, 0.717) is 5.90 Å². The van der Waals surface area contributed by atoms with E-state index in [2.05, 4.69) is 18.8 Å². The highest BCUT2D eigenvalue weighted by molar-refractivity contribution is 14.1. The number of nitrogens with zero attached hydrogens (tertiary/aromatic N) is 1. The van der Waals surface area contributed by atoms with E-state index in [1.807, 2.05) is 47.3 Å². The zero-order chi connectivity index (χ0) is 12.5. The minimum atomic E-state index is 0.675. The van der Waals surface area contributed by atoms with Crippen LogP contribution in [0.5, 0.6) is 5.75 Å². The summed E-state index contributed by atoms with van der Waals surface area (Å²) in [5, 5.41) is 0. The van der Waals surface area contributed by atoms with Crippen LogP contribution in [0.2, 0.25) is 0 Å². The maximum atomic E-state index is 5.52. The number of hydrogen-bond acceptors (Lipinski definition) is 3. The normalized spacial score (nSPS) is 11.4. The number of ether oxygens (including phenoxy) is 1. The first-order chi connectivity index (χ1) is 8.31. The summed E-state index contributed by atoms with van der Waals surface area (Å²) >= 11 is 1.86. The maximum absolute atomic E-state index is 5.52. The van der Waals surface area contributed by atoms with Crippen molar-refractivity contribution in [3.63, 3.8) is 0 Å². The van der Waals surface area contributed by atoms with Gasteiger partial charge in [-0.25, -0.2) is 0 Å². The number of halogens is 1. The van der Waals surface area contributed by atoms with E-state index in [0.717, 1.165) is 37.3 Å². The summed E-state index contributed by atoms with van der Waals surface area (Å²) < 4.78 is 10.8. The van der Waals surface area contributed by atoms with Crippen LogP contribution in [0.4, 0.5) is 0 Å². The molecule has 0 amide bonds. The van der Waals surface area contributed by atoms with E-state index in [9.17, 15) is 0 Å². The van der Waals surface area contributed by atoms with Gasteiger partial charge in [0.25, 0.3) is 0 Å². The highest BCUT2D eigenvalue weighted by atomic mass is 127. The Morgan fingerprint density at radius 1 is 1.18 bits per heavy atom. The molecule has 94 valence electrons. The van der Waals surface area contributed by atoms with Gasteiger partial charge in [-0.2, -0.15) is 0 Å². The molecule has 0 bridgehead atoms. The Morgan fingerprint density at radius 3 is 2.41 bits per heavy atom. The Hall–Kier alpha value is -0.780. The van der Waals surface area contributed by atoms with Gasteiger partial charge in [-0.05, 0) is 37.1 Å². The van der Waals surface area contributed by atoms with Crippen LogP contribution in [0.25, 0.3) is 0 Å². The second-order valence-corrected chi connectivity index (χ2v) is 4.08. The fourth-order valence-electron chi connectivity index (χ4n) is 1.29. The van der Waals surface area contributed by atoms with E-state index in [1.165, 1.54) is 0 Å². The molecule has 17 heavy (non-hydrogen) atoms. The lowest BCUT2D eigenvalue weighted by atomic mass is 10.2. The highest BCUT2D eigenvalue weighted by Crippen LogP contribution is 2.14. The summed E-state index contributed by atoms with van der Waals surface area (Å²) in [7, 11) is 0. The Balaban J connectivity index is 2.71. The molecule has 0 aliphatic rings. The molecular formula is C13H18INO2. The van der Waals surface area contributed by atoms with Crippen molar-refractivity contribution in [1.82, 2.24) is 0 Å². The SMILES string of the molecule is CCCN=C(OI)c1ccc(OCCC)cc1. The summed E-state index contributed by atoms with van der Waals surface area (Å²) in [5.74, 6) is 1.56. The van der Waals surface area contributed by atoms with Crippen LogP contribution in [-0.2, 0) is 3.07 Å². The third-order valence-electron chi connectivity index (χ3n) is 2.13. The molecule has 1 aromatic carbocycles. The molecule has 0 aliphatic heterocycles. The average molecular weight is 347 g/mol. The van der Waals surface area contributed by atoms with Crippen molar-refractivity contribution in [2.24, 2.45) is 4.99 Å². The highest BCUT2D eigenvalue weighted by Gasteiger charge is 2.04. The van der Waals surface area contributed by atoms with Crippen LogP contribution in [0, 0.1) is 0 Å². The molecule has 0 aliphatic carbocycles. The quantitative estimate of drug-likeness (QED) is 0.442. The molecular weight excluding hydrogens is 329 g/mol. The second-order valence-electron chi connectivity index (χ2n) is 3.64. The van der Waals surface area contributed by atoms with Crippen LogP contribution in [0.3, 0.4) is 0 Å². The summed E-state index contributed by atoms with van der Waals surface area (Å²) in [6.45, 7) is 5.72. The molecule has 0 aromatic heterocycles. The summed E-state index contributed by atoms with van der Waals surface area (Å²) in [5.41, 5.74) is 0.983. The number of rotatable bonds is 6. The van der Waals surface area contributed by atoms with E-state index >= 15 is 0 Å². The Labute approximate surface area is 117 Å². The van der Waals surface area contributed by atoms with Gasteiger partial charge in [-0.15, -0.1) is 0 Å². The average Bonchev–Trinajstić information content (AvgIpc) is 2.38. The van der Waals surface area contributed by atoms with Crippen LogP contribution in [-0.4, -0.2) is 19.0 Å². The lowest BCUT2D eigenvalue weighted by Gasteiger charge is -2.06. The van der Waals surface area contributed by atoms with Crippen molar-refractivity contribution in [2.45, 2.75) is 26.7 Å². The van der Waals surface area contributed by atoms with E-state index < -0.39 is 0 Å². The van der Waals surface area contributed by atoms with Crippen LogP contribution < -0.4 is 4.74 Å². The lowest BCUT2D eigenvalue weighted by Crippen LogP contribution is -2.02. The van der Waals surface area contributed by atoms with Crippen LogP contribution in [0.15, 0.2) is 29.3 Å². The summed E-state index contributed by atoms with van der Waals surface area (Å²) in [6, 6.07) is 7.83. The monoisotopic (exact) mass is 347 g/mol. The fraction of sp³-hybridized carbons (Fsp3) is 0.462. The van der Waals surface area contributed by atoms with Gasteiger partial charge < -0.3 is 7.80 Å². The predicted molar refractivity (Wildman–Crippen MR) is 79.0 cm³/mol. The molecule has 0 spiro atoms. The van der Waals surface area contributed by atoms with E-state index in [1.54, 1.807) is 0 Å². The molecule has 4 heteroatoms. The molecule has 1 rings (SSSR count).